The summed E-state index contributed by atoms with van der Waals surface area (Å²) in [6.07, 6.45) is 3.39. The summed E-state index contributed by atoms with van der Waals surface area (Å²) in [7, 11) is 0. The minimum atomic E-state index is -1.06. The van der Waals surface area contributed by atoms with Crippen molar-refractivity contribution in [3.05, 3.63) is 11.1 Å². The predicted octanol–water partition coefficient (Wildman–Crippen LogP) is 1.42. The first-order chi connectivity index (χ1) is 11.5. The van der Waals surface area contributed by atoms with Crippen molar-refractivity contribution >= 4 is 11.8 Å². The summed E-state index contributed by atoms with van der Waals surface area (Å²) >= 11 is 0. The number of ether oxygens (including phenoxy) is 2. The van der Waals surface area contributed by atoms with Gasteiger partial charge >= 0.3 is 5.97 Å². The highest BCUT2D eigenvalue weighted by Gasteiger charge is 2.60. The molecule has 0 bridgehead atoms. The molecular formula is C18H26O6. The van der Waals surface area contributed by atoms with Crippen molar-refractivity contribution in [1.82, 2.24) is 0 Å². The Bertz CT molecular complexity index is 540. The molecule has 0 aromatic heterocycles. The molecule has 0 saturated carbocycles. The van der Waals surface area contributed by atoms with Crippen molar-refractivity contribution in [2.24, 2.45) is 0 Å². The van der Waals surface area contributed by atoms with Crippen LogP contribution in [0, 0.1) is 0 Å². The number of esters is 1. The standard InChI is InChI=1S/C18H26O6/c1-2-3-4-5-6-7-8-10(19)9-11-12-13(18(22)23-11)15(21)17-16(24-17)14(12)20/h11,14-17,20-21H,2-9H2,1H3/t11-,14-,15-,16+,17-/m1/s1. The van der Waals surface area contributed by atoms with E-state index < -0.39 is 36.5 Å². The van der Waals surface area contributed by atoms with Crippen molar-refractivity contribution in [1.29, 1.82) is 0 Å². The predicted molar refractivity (Wildman–Crippen MR) is 85.2 cm³/mol. The monoisotopic (exact) mass is 338 g/mol. The maximum Gasteiger partial charge on any atom is 0.337 e. The summed E-state index contributed by atoms with van der Waals surface area (Å²) < 4.78 is 10.5. The molecule has 0 spiro atoms. The van der Waals surface area contributed by atoms with Gasteiger partial charge in [-0.05, 0) is 6.42 Å². The topological polar surface area (TPSA) is 96.4 Å². The van der Waals surface area contributed by atoms with E-state index in [1.807, 2.05) is 0 Å². The van der Waals surface area contributed by atoms with E-state index in [0.29, 0.717) is 12.0 Å². The van der Waals surface area contributed by atoms with E-state index in [1.54, 1.807) is 0 Å². The lowest BCUT2D eigenvalue weighted by Gasteiger charge is -2.21. The second-order valence-electron chi connectivity index (χ2n) is 6.98. The molecule has 134 valence electrons. The molecule has 0 radical (unpaired) electrons. The number of hydrogen-bond acceptors (Lipinski definition) is 6. The van der Waals surface area contributed by atoms with E-state index >= 15 is 0 Å². The van der Waals surface area contributed by atoms with Crippen LogP contribution in [0.5, 0.6) is 0 Å². The quantitative estimate of drug-likeness (QED) is 0.375. The number of hydrogen-bond donors (Lipinski definition) is 2. The van der Waals surface area contributed by atoms with E-state index in [0.717, 1.165) is 19.3 Å². The van der Waals surface area contributed by atoms with Gasteiger partial charge in [-0.2, -0.15) is 0 Å². The van der Waals surface area contributed by atoms with Crippen molar-refractivity contribution in [3.8, 4) is 0 Å². The third-order valence-electron chi connectivity index (χ3n) is 5.15. The summed E-state index contributed by atoms with van der Waals surface area (Å²) in [6, 6.07) is 0. The van der Waals surface area contributed by atoms with Crippen LogP contribution in [-0.4, -0.2) is 52.5 Å². The number of epoxide rings is 1. The van der Waals surface area contributed by atoms with E-state index in [4.69, 9.17) is 9.47 Å². The van der Waals surface area contributed by atoms with Gasteiger partial charge in [0.1, 0.15) is 36.3 Å². The first-order valence-electron chi connectivity index (χ1n) is 9.02. The molecule has 5 atom stereocenters. The maximum atomic E-state index is 12.2. The van der Waals surface area contributed by atoms with Crippen LogP contribution >= 0.6 is 0 Å². The molecule has 2 N–H and O–H groups in total. The fourth-order valence-electron chi connectivity index (χ4n) is 3.74. The van der Waals surface area contributed by atoms with E-state index in [-0.39, 0.29) is 17.8 Å². The minimum absolute atomic E-state index is 0.0255. The van der Waals surface area contributed by atoms with Gasteiger partial charge in [-0.3, -0.25) is 4.79 Å². The number of aliphatic hydroxyl groups is 2. The second kappa shape index (κ2) is 7.33. The van der Waals surface area contributed by atoms with Crippen molar-refractivity contribution in [2.75, 3.05) is 0 Å². The molecule has 0 unspecified atom stereocenters. The number of aliphatic hydroxyl groups excluding tert-OH is 2. The lowest BCUT2D eigenvalue weighted by atomic mass is 9.84. The Morgan fingerprint density at radius 2 is 1.71 bits per heavy atom. The highest BCUT2D eigenvalue weighted by molar-refractivity contribution is 5.95. The average Bonchev–Trinajstić information content (AvgIpc) is 3.28. The highest BCUT2D eigenvalue weighted by Crippen LogP contribution is 2.45. The largest absolute Gasteiger partial charge is 0.454 e. The number of Topliss-reactive ketones (excluding diaryl/α,β-unsaturated/α-hetero) is 1. The molecule has 2 aliphatic heterocycles. The molecule has 0 aromatic carbocycles. The fourth-order valence-corrected chi connectivity index (χ4v) is 3.74. The molecule has 1 fully saturated rings. The van der Waals surface area contributed by atoms with E-state index in [1.165, 1.54) is 19.3 Å². The van der Waals surface area contributed by atoms with Gasteiger partial charge in [-0.15, -0.1) is 0 Å². The molecule has 1 aliphatic carbocycles. The molecule has 3 aliphatic rings. The molecule has 0 aromatic rings. The maximum absolute atomic E-state index is 12.2. The van der Waals surface area contributed by atoms with Gasteiger partial charge in [0.25, 0.3) is 0 Å². The zero-order valence-electron chi connectivity index (χ0n) is 14.1. The van der Waals surface area contributed by atoms with Crippen molar-refractivity contribution < 1.29 is 29.3 Å². The third-order valence-corrected chi connectivity index (χ3v) is 5.15. The van der Waals surface area contributed by atoms with Crippen LogP contribution in [0.15, 0.2) is 11.1 Å². The summed E-state index contributed by atoms with van der Waals surface area (Å²) in [5, 5.41) is 20.4. The molecule has 3 rings (SSSR count). The number of carbonyl (C=O) groups is 2. The lowest BCUT2D eigenvalue weighted by Crippen LogP contribution is -2.36. The molecule has 6 nitrogen and oxygen atoms in total. The number of ketones is 1. The Labute approximate surface area is 141 Å². The minimum Gasteiger partial charge on any atom is -0.454 e. The first kappa shape index (κ1) is 17.6. The Balaban J connectivity index is 1.50. The number of rotatable bonds is 9. The van der Waals surface area contributed by atoms with Crippen LogP contribution in [0.3, 0.4) is 0 Å². The van der Waals surface area contributed by atoms with Crippen molar-refractivity contribution in [2.45, 2.75) is 88.8 Å². The van der Waals surface area contributed by atoms with Crippen LogP contribution in [0.1, 0.15) is 58.3 Å². The van der Waals surface area contributed by atoms with Crippen LogP contribution in [-0.2, 0) is 19.1 Å². The van der Waals surface area contributed by atoms with Gasteiger partial charge in [-0.25, -0.2) is 4.79 Å². The molecular weight excluding hydrogens is 312 g/mol. The average molecular weight is 338 g/mol. The number of unbranched alkanes of at least 4 members (excludes halogenated alkanes) is 5. The summed E-state index contributed by atoms with van der Waals surface area (Å²) in [5.74, 6) is -0.611. The van der Waals surface area contributed by atoms with Gasteiger partial charge in [-0.1, -0.05) is 39.0 Å². The second-order valence-corrected chi connectivity index (χ2v) is 6.98. The Kier molecular flexibility index (Phi) is 5.37. The zero-order valence-corrected chi connectivity index (χ0v) is 14.1. The molecule has 0 amide bonds. The number of cyclic esters (lactones) is 1. The molecule has 24 heavy (non-hydrogen) atoms. The summed E-state index contributed by atoms with van der Waals surface area (Å²) in [5.41, 5.74) is 0.446. The highest BCUT2D eigenvalue weighted by atomic mass is 16.6. The van der Waals surface area contributed by atoms with Gasteiger partial charge in [0.05, 0.1) is 5.57 Å². The summed E-state index contributed by atoms with van der Waals surface area (Å²) in [4.78, 5) is 24.1. The Morgan fingerprint density at radius 3 is 2.46 bits per heavy atom. The summed E-state index contributed by atoms with van der Waals surface area (Å²) in [6.45, 7) is 2.17. The SMILES string of the molecule is CCCCCCCCC(=O)C[C@H]1OC(=O)C2=C1[C@@H](O)[C@@H]1O[C@@H]1[C@@H]2O. The molecule has 6 heteroatoms. The van der Waals surface area contributed by atoms with Crippen molar-refractivity contribution in [3.63, 3.8) is 0 Å². The van der Waals surface area contributed by atoms with Gasteiger partial charge in [0.15, 0.2) is 0 Å². The first-order valence-corrected chi connectivity index (χ1v) is 9.02. The Morgan fingerprint density at radius 1 is 1.04 bits per heavy atom. The van der Waals surface area contributed by atoms with E-state index in [2.05, 4.69) is 6.92 Å². The Hall–Kier alpha value is -1.24. The van der Waals surface area contributed by atoms with Gasteiger partial charge < -0.3 is 19.7 Å². The van der Waals surface area contributed by atoms with Gasteiger partial charge in [0, 0.05) is 18.4 Å². The normalized spacial score (nSPS) is 34.0. The number of carbonyl (C=O) groups excluding carboxylic acids is 2. The van der Waals surface area contributed by atoms with E-state index in [9.17, 15) is 19.8 Å². The third kappa shape index (κ3) is 3.41. The molecule has 2 heterocycles. The van der Waals surface area contributed by atoms with Crippen LogP contribution < -0.4 is 0 Å². The number of fused-ring (bicyclic) bond motifs is 1. The van der Waals surface area contributed by atoms with Crippen LogP contribution in [0.2, 0.25) is 0 Å². The van der Waals surface area contributed by atoms with Gasteiger partial charge in [0.2, 0.25) is 0 Å². The zero-order chi connectivity index (χ0) is 17.3. The smallest absolute Gasteiger partial charge is 0.337 e. The van der Waals surface area contributed by atoms with Crippen LogP contribution in [0.25, 0.3) is 0 Å². The fraction of sp³-hybridized carbons (Fsp3) is 0.778. The lowest BCUT2D eigenvalue weighted by molar-refractivity contribution is -0.141. The van der Waals surface area contributed by atoms with Crippen LogP contribution in [0.4, 0.5) is 0 Å². The molecule has 1 saturated heterocycles.